The fourth-order valence-corrected chi connectivity index (χ4v) is 3.20. The number of thioether (sulfide) groups is 1. The minimum Gasteiger partial charge on any atom is -0.496 e. The van der Waals surface area contributed by atoms with Crippen LogP contribution >= 0.6 is 23.4 Å². The fourth-order valence-electron chi connectivity index (χ4n) is 2.05. The van der Waals surface area contributed by atoms with Crippen molar-refractivity contribution < 1.29 is 4.74 Å². The Kier molecular flexibility index (Phi) is 5.51. The van der Waals surface area contributed by atoms with Crippen molar-refractivity contribution >= 4 is 29.6 Å². The Morgan fingerprint density at radius 2 is 2.00 bits per heavy atom. The predicted molar refractivity (Wildman–Crippen MR) is 97.0 cm³/mol. The van der Waals surface area contributed by atoms with Gasteiger partial charge in [-0.25, -0.2) is 0 Å². The Balaban J connectivity index is 1.73. The van der Waals surface area contributed by atoms with Crippen LogP contribution in [-0.4, -0.2) is 28.2 Å². The summed E-state index contributed by atoms with van der Waals surface area (Å²) in [6, 6.07) is 15.4. The first-order valence-electron chi connectivity index (χ1n) is 7.21. The Morgan fingerprint density at radius 1 is 1.21 bits per heavy atom. The first-order chi connectivity index (χ1) is 11.8. The molecule has 5 nitrogen and oxygen atoms in total. The lowest BCUT2D eigenvalue weighted by Gasteiger charge is -2.04. The second-order valence-corrected chi connectivity index (χ2v) is 6.17. The molecule has 0 aliphatic rings. The standard InChI is InChI=1S/C17H15ClN4OS/c1-23-16-9-5-3-6-13(16)10-20-22-12-19-21-17(22)24-11-14-7-2-4-8-15(14)18/h2-10,12H,11H2,1H3/b20-10-. The maximum Gasteiger partial charge on any atom is 0.212 e. The largest absolute Gasteiger partial charge is 0.496 e. The highest BCUT2D eigenvalue weighted by Crippen LogP contribution is 2.25. The Hall–Kier alpha value is -2.31. The van der Waals surface area contributed by atoms with E-state index >= 15 is 0 Å². The molecule has 3 aromatic rings. The summed E-state index contributed by atoms with van der Waals surface area (Å²) in [4.78, 5) is 0. The van der Waals surface area contributed by atoms with Gasteiger partial charge in [-0.05, 0) is 23.8 Å². The van der Waals surface area contributed by atoms with Gasteiger partial charge in [-0.2, -0.15) is 9.78 Å². The van der Waals surface area contributed by atoms with Crippen LogP contribution in [-0.2, 0) is 5.75 Å². The normalized spacial score (nSPS) is 11.1. The van der Waals surface area contributed by atoms with Crippen molar-refractivity contribution in [1.82, 2.24) is 14.9 Å². The summed E-state index contributed by atoms with van der Waals surface area (Å²) in [5.41, 5.74) is 1.93. The van der Waals surface area contributed by atoms with Gasteiger partial charge in [0.1, 0.15) is 12.1 Å². The van der Waals surface area contributed by atoms with E-state index in [1.165, 1.54) is 11.8 Å². The molecule has 2 aromatic carbocycles. The zero-order chi connectivity index (χ0) is 16.8. The molecular formula is C17H15ClN4OS. The molecular weight excluding hydrogens is 344 g/mol. The van der Waals surface area contributed by atoms with Crippen LogP contribution < -0.4 is 4.74 Å². The van der Waals surface area contributed by atoms with Gasteiger partial charge in [-0.1, -0.05) is 53.7 Å². The van der Waals surface area contributed by atoms with E-state index in [2.05, 4.69) is 15.3 Å². The summed E-state index contributed by atoms with van der Waals surface area (Å²) in [7, 11) is 1.64. The molecule has 7 heteroatoms. The monoisotopic (exact) mass is 358 g/mol. The molecule has 1 aromatic heterocycles. The smallest absolute Gasteiger partial charge is 0.212 e. The zero-order valence-corrected chi connectivity index (χ0v) is 14.5. The third-order valence-corrected chi connectivity index (χ3v) is 4.63. The first kappa shape index (κ1) is 16.5. The summed E-state index contributed by atoms with van der Waals surface area (Å²) in [5, 5.41) is 13.9. The van der Waals surface area contributed by atoms with Crippen LogP contribution in [0.2, 0.25) is 5.02 Å². The van der Waals surface area contributed by atoms with Gasteiger partial charge < -0.3 is 4.74 Å². The number of hydrogen-bond acceptors (Lipinski definition) is 5. The van der Waals surface area contributed by atoms with Crippen LogP contribution in [0.25, 0.3) is 0 Å². The lowest BCUT2D eigenvalue weighted by atomic mass is 10.2. The van der Waals surface area contributed by atoms with Crippen LogP contribution in [0, 0.1) is 0 Å². The van der Waals surface area contributed by atoms with Crippen molar-refractivity contribution in [2.45, 2.75) is 10.9 Å². The highest BCUT2D eigenvalue weighted by atomic mass is 35.5. The molecule has 0 N–H and O–H groups in total. The first-order valence-corrected chi connectivity index (χ1v) is 8.58. The average Bonchev–Trinajstić information content (AvgIpc) is 3.07. The fraction of sp³-hybridized carbons (Fsp3) is 0.118. The lowest BCUT2D eigenvalue weighted by molar-refractivity contribution is 0.414. The average molecular weight is 359 g/mol. The van der Waals surface area contributed by atoms with Crippen molar-refractivity contribution in [1.29, 1.82) is 0 Å². The van der Waals surface area contributed by atoms with E-state index < -0.39 is 0 Å². The van der Waals surface area contributed by atoms with Crippen LogP contribution in [0.15, 0.2) is 65.1 Å². The maximum absolute atomic E-state index is 6.18. The number of ether oxygens (including phenoxy) is 1. The molecule has 122 valence electrons. The molecule has 0 atom stereocenters. The molecule has 1 heterocycles. The lowest BCUT2D eigenvalue weighted by Crippen LogP contribution is -1.95. The Labute approximate surface area is 149 Å². The number of para-hydroxylation sites is 1. The van der Waals surface area contributed by atoms with E-state index in [9.17, 15) is 0 Å². The molecule has 0 aliphatic heterocycles. The minimum atomic E-state index is 0.695. The SMILES string of the molecule is COc1ccccc1/C=N\n1cnnc1SCc1ccccc1Cl. The molecule has 24 heavy (non-hydrogen) atoms. The molecule has 0 amide bonds. The molecule has 0 bridgehead atoms. The van der Waals surface area contributed by atoms with Crippen LogP contribution in [0.5, 0.6) is 5.75 Å². The highest BCUT2D eigenvalue weighted by molar-refractivity contribution is 7.98. The number of halogens is 1. The van der Waals surface area contributed by atoms with Crippen molar-refractivity contribution in [3.8, 4) is 5.75 Å². The van der Waals surface area contributed by atoms with E-state index in [4.69, 9.17) is 16.3 Å². The molecule has 0 aliphatic carbocycles. The third kappa shape index (κ3) is 3.96. The second kappa shape index (κ2) is 7.99. The van der Waals surface area contributed by atoms with E-state index in [1.807, 2.05) is 48.5 Å². The summed E-state index contributed by atoms with van der Waals surface area (Å²) >= 11 is 7.71. The summed E-state index contributed by atoms with van der Waals surface area (Å²) in [6.07, 6.45) is 3.29. The Morgan fingerprint density at radius 3 is 2.83 bits per heavy atom. The van der Waals surface area contributed by atoms with Crippen molar-refractivity contribution in [3.05, 3.63) is 71.0 Å². The summed E-state index contributed by atoms with van der Waals surface area (Å²) in [5.74, 6) is 1.46. The topological polar surface area (TPSA) is 52.3 Å². The Bertz CT molecular complexity index is 850. The van der Waals surface area contributed by atoms with E-state index in [0.717, 1.165) is 21.9 Å². The quantitative estimate of drug-likeness (QED) is 0.491. The number of aromatic nitrogens is 3. The van der Waals surface area contributed by atoms with Gasteiger partial charge in [-0.3, -0.25) is 0 Å². The van der Waals surface area contributed by atoms with Crippen LogP contribution in [0.3, 0.4) is 0 Å². The van der Waals surface area contributed by atoms with Crippen LogP contribution in [0.4, 0.5) is 0 Å². The number of rotatable bonds is 6. The van der Waals surface area contributed by atoms with Gasteiger partial charge >= 0.3 is 0 Å². The predicted octanol–water partition coefficient (Wildman–Crippen LogP) is 4.11. The summed E-state index contributed by atoms with van der Waals surface area (Å²) < 4.78 is 6.95. The van der Waals surface area contributed by atoms with E-state index in [1.54, 1.807) is 24.3 Å². The van der Waals surface area contributed by atoms with Gasteiger partial charge in [0.05, 0.1) is 13.3 Å². The zero-order valence-electron chi connectivity index (χ0n) is 13.0. The molecule has 0 unspecified atom stereocenters. The molecule has 0 saturated carbocycles. The molecule has 0 spiro atoms. The van der Waals surface area contributed by atoms with E-state index in [-0.39, 0.29) is 0 Å². The molecule has 0 radical (unpaired) electrons. The molecule has 0 saturated heterocycles. The van der Waals surface area contributed by atoms with Crippen molar-refractivity contribution in [2.75, 3.05) is 7.11 Å². The van der Waals surface area contributed by atoms with Gasteiger partial charge in [-0.15, -0.1) is 10.2 Å². The van der Waals surface area contributed by atoms with Crippen LogP contribution in [0.1, 0.15) is 11.1 Å². The minimum absolute atomic E-state index is 0.695. The van der Waals surface area contributed by atoms with Gasteiger partial charge in [0.25, 0.3) is 0 Å². The third-order valence-electron chi connectivity index (χ3n) is 3.28. The maximum atomic E-state index is 6.18. The number of methoxy groups -OCH3 is 1. The number of benzene rings is 2. The van der Waals surface area contributed by atoms with Crippen molar-refractivity contribution in [2.24, 2.45) is 5.10 Å². The molecule has 3 rings (SSSR count). The number of nitrogens with zero attached hydrogens (tertiary/aromatic N) is 4. The van der Waals surface area contributed by atoms with Gasteiger partial charge in [0.15, 0.2) is 0 Å². The van der Waals surface area contributed by atoms with Gasteiger partial charge in [0.2, 0.25) is 5.16 Å². The second-order valence-electron chi connectivity index (χ2n) is 4.82. The summed E-state index contributed by atoms with van der Waals surface area (Å²) in [6.45, 7) is 0. The highest BCUT2D eigenvalue weighted by Gasteiger charge is 2.07. The number of hydrogen-bond donors (Lipinski definition) is 0. The molecule has 0 fully saturated rings. The van der Waals surface area contributed by atoms with E-state index in [0.29, 0.717) is 10.9 Å². The van der Waals surface area contributed by atoms with Crippen molar-refractivity contribution in [3.63, 3.8) is 0 Å². The van der Waals surface area contributed by atoms with Gasteiger partial charge in [0, 0.05) is 16.3 Å².